The average Bonchev–Trinajstić information content (AvgIpc) is 3.36. The molecule has 0 spiro atoms. The number of Topliss-reactive ketones (excluding diaryl/α,β-unsaturated/α-hetero) is 1. The van der Waals surface area contributed by atoms with E-state index in [4.69, 9.17) is 4.74 Å². The Labute approximate surface area is 143 Å². The van der Waals surface area contributed by atoms with Crippen LogP contribution in [-0.2, 0) is 9.53 Å². The SMILES string of the molecule is O=C(c1ccccc1)[C@@H]1[C@H]2CC[C@@H](C2)[C@@H]1C(=O)NC[C@@H]1CCCO1. The van der Waals surface area contributed by atoms with Crippen LogP contribution < -0.4 is 5.32 Å². The lowest BCUT2D eigenvalue weighted by molar-refractivity contribution is -0.128. The molecule has 0 unspecified atom stereocenters. The van der Waals surface area contributed by atoms with Crippen LogP contribution in [0.2, 0.25) is 0 Å². The Hall–Kier alpha value is -1.68. The van der Waals surface area contributed by atoms with Gasteiger partial charge in [0.1, 0.15) is 0 Å². The molecular formula is C20H25NO3. The monoisotopic (exact) mass is 327 g/mol. The maximum atomic E-state index is 13.0. The number of rotatable bonds is 5. The highest BCUT2D eigenvalue weighted by atomic mass is 16.5. The van der Waals surface area contributed by atoms with Crippen LogP contribution in [0.15, 0.2) is 30.3 Å². The lowest BCUT2D eigenvalue weighted by Crippen LogP contribution is -2.43. The number of hydrogen-bond donors (Lipinski definition) is 1. The van der Waals surface area contributed by atoms with Crippen molar-refractivity contribution in [2.24, 2.45) is 23.7 Å². The van der Waals surface area contributed by atoms with Crippen LogP contribution in [0.5, 0.6) is 0 Å². The molecule has 4 rings (SSSR count). The smallest absolute Gasteiger partial charge is 0.224 e. The number of carbonyl (C=O) groups is 2. The van der Waals surface area contributed by atoms with Crippen LogP contribution >= 0.6 is 0 Å². The molecule has 1 saturated heterocycles. The van der Waals surface area contributed by atoms with E-state index in [-0.39, 0.29) is 29.6 Å². The Kier molecular flexibility index (Phi) is 4.40. The van der Waals surface area contributed by atoms with Gasteiger partial charge in [-0.15, -0.1) is 0 Å². The fraction of sp³-hybridized carbons (Fsp3) is 0.600. The summed E-state index contributed by atoms with van der Waals surface area (Å²) < 4.78 is 5.59. The minimum absolute atomic E-state index is 0.0620. The molecule has 2 aliphatic carbocycles. The van der Waals surface area contributed by atoms with Crippen molar-refractivity contribution >= 4 is 11.7 Å². The van der Waals surface area contributed by atoms with Gasteiger partial charge in [-0.05, 0) is 43.9 Å². The number of benzene rings is 1. The molecule has 0 aromatic heterocycles. The first-order valence-corrected chi connectivity index (χ1v) is 9.22. The summed E-state index contributed by atoms with van der Waals surface area (Å²) in [6.45, 7) is 1.38. The molecule has 24 heavy (non-hydrogen) atoms. The summed E-state index contributed by atoms with van der Waals surface area (Å²) in [5.74, 6) is 0.666. The van der Waals surface area contributed by atoms with Gasteiger partial charge in [-0.25, -0.2) is 0 Å². The molecule has 3 fully saturated rings. The molecule has 0 radical (unpaired) electrons. The van der Waals surface area contributed by atoms with Crippen molar-refractivity contribution in [3.05, 3.63) is 35.9 Å². The van der Waals surface area contributed by atoms with Gasteiger partial charge < -0.3 is 10.1 Å². The zero-order valence-electron chi connectivity index (χ0n) is 13.9. The Morgan fingerprint density at radius 1 is 1.04 bits per heavy atom. The van der Waals surface area contributed by atoms with E-state index in [9.17, 15) is 9.59 Å². The largest absolute Gasteiger partial charge is 0.376 e. The molecule has 5 atom stereocenters. The number of ether oxygens (including phenoxy) is 1. The highest BCUT2D eigenvalue weighted by Gasteiger charge is 2.53. The van der Waals surface area contributed by atoms with E-state index in [1.54, 1.807) is 0 Å². The molecule has 4 heteroatoms. The van der Waals surface area contributed by atoms with E-state index in [1.165, 1.54) is 0 Å². The first-order valence-electron chi connectivity index (χ1n) is 9.22. The summed E-state index contributed by atoms with van der Waals surface area (Å²) >= 11 is 0. The van der Waals surface area contributed by atoms with Crippen LogP contribution in [0.3, 0.4) is 0 Å². The molecule has 1 aromatic rings. The van der Waals surface area contributed by atoms with Crippen molar-refractivity contribution < 1.29 is 14.3 Å². The zero-order valence-corrected chi connectivity index (χ0v) is 13.9. The number of hydrogen-bond acceptors (Lipinski definition) is 3. The highest BCUT2D eigenvalue weighted by Crippen LogP contribution is 2.53. The lowest BCUT2D eigenvalue weighted by atomic mass is 9.75. The zero-order chi connectivity index (χ0) is 16.5. The van der Waals surface area contributed by atoms with Gasteiger partial charge >= 0.3 is 0 Å². The molecular weight excluding hydrogens is 302 g/mol. The number of amides is 1. The summed E-state index contributed by atoms with van der Waals surface area (Å²) in [6, 6.07) is 9.45. The van der Waals surface area contributed by atoms with Gasteiger partial charge in [0.2, 0.25) is 5.91 Å². The second kappa shape index (κ2) is 6.67. The van der Waals surface area contributed by atoms with E-state index >= 15 is 0 Å². The predicted molar refractivity (Wildman–Crippen MR) is 90.6 cm³/mol. The molecule has 128 valence electrons. The molecule has 1 aliphatic heterocycles. The van der Waals surface area contributed by atoms with E-state index < -0.39 is 0 Å². The quantitative estimate of drug-likeness (QED) is 0.846. The number of ketones is 1. The Bertz CT molecular complexity index is 609. The third-order valence-corrected chi connectivity index (χ3v) is 6.11. The highest BCUT2D eigenvalue weighted by molar-refractivity contribution is 6.01. The molecule has 1 N–H and O–H groups in total. The summed E-state index contributed by atoms with van der Waals surface area (Å²) in [4.78, 5) is 25.8. The van der Waals surface area contributed by atoms with Crippen LogP contribution in [0, 0.1) is 23.7 Å². The van der Waals surface area contributed by atoms with E-state index in [1.807, 2.05) is 30.3 Å². The second-order valence-electron chi connectivity index (χ2n) is 7.50. The Morgan fingerprint density at radius 3 is 2.50 bits per heavy atom. The third kappa shape index (κ3) is 2.88. The average molecular weight is 327 g/mol. The van der Waals surface area contributed by atoms with Gasteiger partial charge in [0.15, 0.2) is 5.78 Å². The second-order valence-corrected chi connectivity index (χ2v) is 7.50. The van der Waals surface area contributed by atoms with Crippen molar-refractivity contribution in [3.8, 4) is 0 Å². The number of fused-ring (bicyclic) bond motifs is 2. The topological polar surface area (TPSA) is 55.4 Å². The van der Waals surface area contributed by atoms with Gasteiger partial charge in [0.25, 0.3) is 0 Å². The van der Waals surface area contributed by atoms with Crippen LogP contribution in [0.25, 0.3) is 0 Å². The molecule has 1 heterocycles. The first kappa shape index (κ1) is 15.8. The van der Waals surface area contributed by atoms with Crippen molar-refractivity contribution in [3.63, 3.8) is 0 Å². The van der Waals surface area contributed by atoms with Crippen molar-refractivity contribution in [2.75, 3.05) is 13.2 Å². The van der Waals surface area contributed by atoms with Crippen molar-refractivity contribution in [1.82, 2.24) is 5.32 Å². The fourth-order valence-electron chi connectivity index (χ4n) is 4.98. The maximum absolute atomic E-state index is 13.0. The van der Waals surface area contributed by atoms with E-state index in [0.29, 0.717) is 18.4 Å². The summed E-state index contributed by atoms with van der Waals surface area (Å²) in [6.07, 6.45) is 5.44. The van der Waals surface area contributed by atoms with Crippen LogP contribution in [-0.4, -0.2) is 30.9 Å². The Balaban J connectivity index is 1.47. The van der Waals surface area contributed by atoms with Crippen molar-refractivity contribution in [1.29, 1.82) is 0 Å². The molecule has 1 amide bonds. The minimum Gasteiger partial charge on any atom is -0.376 e. The van der Waals surface area contributed by atoms with Gasteiger partial charge in [0, 0.05) is 24.6 Å². The lowest BCUT2D eigenvalue weighted by Gasteiger charge is -2.29. The number of carbonyl (C=O) groups excluding carboxylic acids is 2. The third-order valence-electron chi connectivity index (χ3n) is 6.11. The normalized spacial score (nSPS) is 34.4. The standard InChI is InChI=1S/C20H25NO3/c22-19(13-5-2-1-3-6-13)17-14-8-9-15(11-14)18(17)20(23)21-12-16-7-4-10-24-16/h1-3,5-6,14-18H,4,7-12H2,(H,21,23)/t14-,15-,16-,17+,18-/m0/s1. The molecule has 1 aromatic carbocycles. The summed E-state index contributed by atoms with van der Waals surface area (Å²) in [5, 5.41) is 3.07. The van der Waals surface area contributed by atoms with Crippen LogP contribution in [0.4, 0.5) is 0 Å². The fourth-order valence-corrected chi connectivity index (χ4v) is 4.98. The minimum atomic E-state index is -0.155. The van der Waals surface area contributed by atoms with Crippen molar-refractivity contribution in [2.45, 2.75) is 38.2 Å². The maximum Gasteiger partial charge on any atom is 0.224 e. The van der Waals surface area contributed by atoms with E-state index in [2.05, 4.69) is 5.32 Å². The number of nitrogens with one attached hydrogen (secondary N) is 1. The van der Waals surface area contributed by atoms with Gasteiger partial charge in [-0.3, -0.25) is 9.59 Å². The van der Waals surface area contributed by atoms with Gasteiger partial charge in [-0.1, -0.05) is 30.3 Å². The molecule has 2 saturated carbocycles. The van der Waals surface area contributed by atoms with Gasteiger partial charge in [-0.2, -0.15) is 0 Å². The summed E-state index contributed by atoms with van der Waals surface area (Å²) in [5.41, 5.74) is 0.743. The molecule has 3 aliphatic rings. The summed E-state index contributed by atoms with van der Waals surface area (Å²) in [7, 11) is 0. The molecule has 4 nitrogen and oxygen atoms in total. The van der Waals surface area contributed by atoms with Gasteiger partial charge in [0.05, 0.1) is 12.0 Å². The first-order chi connectivity index (χ1) is 11.7. The predicted octanol–water partition coefficient (Wildman–Crippen LogP) is 2.83. The van der Waals surface area contributed by atoms with E-state index in [0.717, 1.165) is 44.3 Å². The molecule has 2 bridgehead atoms. The van der Waals surface area contributed by atoms with Crippen LogP contribution in [0.1, 0.15) is 42.5 Å². The Morgan fingerprint density at radius 2 is 1.79 bits per heavy atom.